The molecular formula is C16H18F4N2O3. The van der Waals surface area contributed by atoms with Gasteiger partial charge in [0.15, 0.2) is 0 Å². The molecule has 1 aliphatic heterocycles. The number of carboxylic acids is 1. The Morgan fingerprint density at radius 1 is 1.32 bits per heavy atom. The average Bonchev–Trinajstić information content (AvgIpc) is 2.53. The van der Waals surface area contributed by atoms with Crippen LogP contribution in [0.2, 0.25) is 0 Å². The maximum Gasteiger partial charge on any atom is 0.416 e. The molecule has 1 fully saturated rings. The summed E-state index contributed by atoms with van der Waals surface area (Å²) < 4.78 is 51.7. The number of alkyl halides is 3. The molecular weight excluding hydrogens is 344 g/mol. The number of hydrogen-bond donors (Lipinski definition) is 2. The van der Waals surface area contributed by atoms with Gasteiger partial charge in [-0.2, -0.15) is 13.2 Å². The number of likely N-dealkylation sites (tertiary alicyclic amines) is 1. The predicted molar refractivity (Wildman–Crippen MR) is 80.0 cm³/mol. The first-order valence-electron chi connectivity index (χ1n) is 7.74. The first kappa shape index (κ1) is 19.2. The van der Waals surface area contributed by atoms with Crippen LogP contribution in [0.5, 0.6) is 0 Å². The highest BCUT2D eigenvalue weighted by Gasteiger charge is 2.34. The van der Waals surface area contributed by atoms with Gasteiger partial charge in [-0.1, -0.05) is 6.07 Å². The van der Waals surface area contributed by atoms with Crippen LogP contribution < -0.4 is 5.32 Å². The zero-order valence-corrected chi connectivity index (χ0v) is 13.3. The molecule has 1 aromatic rings. The highest BCUT2D eigenvalue weighted by atomic mass is 19.4. The monoisotopic (exact) mass is 362 g/mol. The Morgan fingerprint density at radius 3 is 2.68 bits per heavy atom. The van der Waals surface area contributed by atoms with E-state index in [2.05, 4.69) is 5.32 Å². The van der Waals surface area contributed by atoms with Gasteiger partial charge in [0.1, 0.15) is 5.82 Å². The number of rotatable bonds is 5. The quantitative estimate of drug-likeness (QED) is 0.789. The molecule has 1 aromatic carbocycles. The first-order valence-corrected chi connectivity index (χ1v) is 7.74. The van der Waals surface area contributed by atoms with Gasteiger partial charge < -0.3 is 10.4 Å². The number of amides is 1. The third-order valence-corrected chi connectivity index (χ3v) is 4.08. The Labute approximate surface area is 141 Å². The van der Waals surface area contributed by atoms with Crippen molar-refractivity contribution in [3.05, 3.63) is 35.1 Å². The van der Waals surface area contributed by atoms with Crippen LogP contribution in [0.4, 0.5) is 17.6 Å². The van der Waals surface area contributed by atoms with E-state index in [1.54, 1.807) is 4.90 Å². The van der Waals surface area contributed by atoms with Gasteiger partial charge in [-0.05, 0) is 37.1 Å². The molecule has 0 spiro atoms. The van der Waals surface area contributed by atoms with Crippen LogP contribution in [-0.4, -0.2) is 41.5 Å². The summed E-state index contributed by atoms with van der Waals surface area (Å²) in [4.78, 5) is 24.6. The number of halogens is 4. The van der Waals surface area contributed by atoms with Gasteiger partial charge in [0.05, 0.1) is 18.0 Å². The molecule has 2 N–H and O–H groups in total. The molecule has 1 amide bonds. The summed E-state index contributed by atoms with van der Waals surface area (Å²) in [6.45, 7) is 0.311. The molecule has 0 saturated carbocycles. The largest absolute Gasteiger partial charge is 0.481 e. The summed E-state index contributed by atoms with van der Waals surface area (Å²) in [7, 11) is 0. The van der Waals surface area contributed by atoms with Crippen molar-refractivity contribution in [2.45, 2.75) is 25.6 Å². The van der Waals surface area contributed by atoms with Gasteiger partial charge in [0.25, 0.3) is 0 Å². The molecule has 138 valence electrons. The molecule has 2 rings (SSSR count). The SMILES string of the molecule is O=C(CN1CCCC(C(=O)O)C1)NCc1ccc(F)cc1C(F)(F)F. The summed E-state index contributed by atoms with van der Waals surface area (Å²) in [5.41, 5.74) is -1.36. The Balaban J connectivity index is 1.93. The number of nitrogens with zero attached hydrogens (tertiary/aromatic N) is 1. The standard InChI is InChI=1S/C16H18F4N2O3/c17-12-4-3-10(13(6-12)16(18,19)20)7-21-14(23)9-22-5-1-2-11(8-22)15(24)25/h3-4,6,11H,1-2,5,7-9H2,(H,21,23)(H,24,25). The third-order valence-electron chi connectivity index (χ3n) is 4.08. The van der Waals surface area contributed by atoms with Crippen molar-refractivity contribution in [3.8, 4) is 0 Å². The lowest BCUT2D eigenvalue weighted by Crippen LogP contribution is -2.44. The van der Waals surface area contributed by atoms with Crippen LogP contribution in [0.15, 0.2) is 18.2 Å². The maximum atomic E-state index is 13.0. The van der Waals surface area contributed by atoms with Gasteiger partial charge >= 0.3 is 12.1 Å². The second-order valence-electron chi connectivity index (χ2n) is 5.99. The summed E-state index contributed by atoms with van der Waals surface area (Å²) >= 11 is 0. The fraction of sp³-hybridized carbons (Fsp3) is 0.500. The number of benzene rings is 1. The highest BCUT2D eigenvalue weighted by molar-refractivity contribution is 5.78. The van der Waals surface area contributed by atoms with Crippen molar-refractivity contribution < 1.29 is 32.3 Å². The number of hydrogen-bond acceptors (Lipinski definition) is 3. The predicted octanol–water partition coefficient (Wildman–Crippen LogP) is 2.26. The van der Waals surface area contributed by atoms with E-state index < -0.39 is 35.4 Å². The number of carbonyl (C=O) groups excluding carboxylic acids is 1. The minimum atomic E-state index is -4.72. The number of nitrogens with one attached hydrogen (secondary N) is 1. The minimum Gasteiger partial charge on any atom is -0.481 e. The zero-order chi connectivity index (χ0) is 18.6. The van der Waals surface area contributed by atoms with Gasteiger partial charge in [0.2, 0.25) is 5.91 Å². The summed E-state index contributed by atoms with van der Waals surface area (Å²) in [5, 5.41) is 11.4. The first-order chi connectivity index (χ1) is 11.7. The molecule has 0 bridgehead atoms. The number of aliphatic carboxylic acids is 1. The molecule has 25 heavy (non-hydrogen) atoms. The van der Waals surface area contributed by atoms with Crippen molar-refractivity contribution in [1.82, 2.24) is 10.2 Å². The average molecular weight is 362 g/mol. The second kappa shape index (κ2) is 7.81. The molecule has 1 atom stereocenters. The summed E-state index contributed by atoms with van der Waals surface area (Å²) in [5.74, 6) is -2.99. The van der Waals surface area contributed by atoms with Crippen molar-refractivity contribution >= 4 is 11.9 Å². The van der Waals surface area contributed by atoms with Crippen molar-refractivity contribution in [3.63, 3.8) is 0 Å². The van der Waals surface area contributed by atoms with E-state index in [-0.39, 0.29) is 25.2 Å². The Hall–Kier alpha value is -2.16. The van der Waals surface area contributed by atoms with Gasteiger partial charge in [-0.3, -0.25) is 14.5 Å². The van der Waals surface area contributed by atoms with Crippen molar-refractivity contribution in [2.75, 3.05) is 19.6 Å². The maximum absolute atomic E-state index is 13.0. The summed E-state index contributed by atoms with van der Waals surface area (Å²) in [6.07, 6.45) is -3.54. The molecule has 0 aromatic heterocycles. The molecule has 0 aliphatic carbocycles. The Morgan fingerprint density at radius 2 is 2.04 bits per heavy atom. The van der Waals surface area contributed by atoms with Crippen LogP contribution in [0, 0.1) is 11.7 Å². The smallest absolute Gasteiger partial charge is 0.416 e. The van der Waals surface area contributed by atoms with Gasteiger partial charge in [-0.25, -0.2) is 4.39 Å². The van der Waals surface area contributed by atoms with Crippen molar-refractivity contribution in [2.24, 2.45) is 5.92 Å². The Kier molecular flexibility index (Phi) is 5.99. The van der Waals surface area contributed by atoms with Crippen LogP contribution in [0.25, 0.3) is 0 Å². The number of carbonyl (C=O) groups is 2. The van der Waals surface area contributed by atoms with E-state index in [1.165, 1.54) is 0 Å². The fourth-order valence-corrected chi connectivity index (χ4v) is 2.82. The molecule has 1 heterocycles. The molecule has 1 unspecified atom stereocenters. The third kappa shape index (κ3) is 5.42. The van der Waals surface area contributed by atoms with Crippen molar-refractivity contribution in [1.29, 1.82) is 0 Å². The minimum absolute atomic E-state index is 0.0909. The van der Waals surface area contributed by atoms with E-state index >= 15 is 0 Å². The van der Waals surface area contributed by atoms with Crippen LogP contribution in [-0.2, 0) is 22.3 Å². The van der Waals surface area contributed by atoms with E-state index in [0.717, 1.165) is 12.1 Å². The Bertz CT molecular complexity index is 649. The van der Waals surface area contributed by atoms with Crippen LogP contribution >= 0.6 is 0 Å². The number of carboxylic acid groups (broad SMARTS) is 1. The number of piperidine rings is 1. The normalized spacial score (nSPS) is 18.8. The van der Waals surface area contributed by atoms with E-state index in [9.17, 15) is 27.2 Å². The molecule has 5 nitrogen and oxygen atoms in total. The van der Waals surface area contributed by atoms with Gasteiger partial charge in [0, 0.05) is 13.1 Å². The molecule has 0 radical (unpaired) electrons. The van der Waals surface area contributed by atoms with Crippen LogP contribution in [0.1, 0.15) is 24.0 Å². The fourth-order valence-electron chi connectivity index (χ4n) is 2.82. The van der Waals surface area contributed by atoms with E-state index in [1.807, 2.05) is 0 Å². The lowest BCUT2D eigenvalue weighted by molar-refractivity contribution is -0.144. The molecule has 1 saturated heterocycles. The lowest BCUT2D eigenvalue weighted by atomic mass is 9.98. The molecule has 1 aliphatic rings. The summed E-state index contributed by atoms with van der Waals surface area (Å²) in [6, 6.07) is 2.28. The van der Waals surface area contributed by atoms with E-state index in [4.69, 9.17) is 5.11 Å². The van der Waals surface area contributed by atoms with Gasteiger partial charge in [-0.15, -0.1) is 0 Å². The molecule has 9 heteroatoms. The highest BCUT2D eigenvalue weighted by Crippen LogP contribution is 2.32. The van der Waals surface area contributed by atoms with E-state index in [0.29, 0.717) is 25.5 Å². The second-order valence-corrected chi connectivity index (χ2v) is 5.99. The zero-order valence-electron chi connectivity index (χ0n) is 13.3. The lowest BCUT2D eigenvalue weighted by Gasteiger charge is -2.29. The van der Waals surface area contributed by atoms with Crippen LogP contribution in [0.3, 0.4) is 0 Å². The topological polar surface area (TPSA) is 69.6 Å².